The van der Waals surface area contributed by atoms with Gasteiger partial charge in [0.25, 0.3) is 0 Å². The Labute approximate surface area is 198 Å². The van der Waals surface area contributed by atoms with Crippen LogP contribution in [0.15, 0.2) is 30.3 Å². The number of urea groups is 1. The third kappa shape index (κ3) is 4.47. The van der Waals surface area contributed by atoms with E-state index in [1.807, 2.05) is 6.07 Å². The number of aromatic nitrogens is 1. The van der Waals surface area contributed by atoms with Crippen LogP contribution in [-0.4, -0.2) is 55.8 Å². The van der Waals surface area contributed by atoms with Crippen LogP contribution in [0.5, 0.6) is 11.5 Å². The molecule has 2 N–H and O–H groups in total. The van der Waals surface area contributed by atoms with Gasteiger partial charge >= 0.3 is 6.03 Å². The Morgan fingerprint density at radius 3 is 2.53 bits per heavy atom. The highest BCUT2D eigenvalue weighted by molar-refractivity contribution is 6.32. The third-order valence-corrected chi connectivity index (χ3v) is 7.23. The molecule has 1 aromatic carbocycles. The molecular weight excluding hydrogens is 451 g/mol. The zero-order valence-electron chi connectivity index (χ0n) is 18.5. The number of pyridine rings is 1. The number of ether oxygens (including phenoxy) is 2. The number of hydrogen-bond donors (Lipinski definition) is 2. The molecular formula is C23H28Cl2N4O3. The lowest BCUT2D eigenvalue weighted by Crippen LogP contribution is -2.52. The summed E-state index contributed by atoms with van der Waals surface area (Å²) in [5.74, 6) is 1.49. The van der Waals surface area contributed by atoms with Gasteiger partial charge in [-0.15, -0.1) is 0 Å². The molecule has 2 aromatic rings. The van der Waals surface area contributed by atoms with Crippen molar-refractivity contribution in [2.45, 2.75) is 43.2 Å². The van der Waals surface area contributed by atoms with Crippen molar-refractivity contribution < 1.29 is 14.3 Å². The van der Waals surface area contributed by atoms with Gasteiger partial charge in [-0.2, -0.15) is 0 Å². The SMILES string of the molecule is COc1ccc([C@@]23CC[C@H](NC(=O)Nc4cc(Cl)nc(Cl)c4)C[C@H]2N(C)CC3)cc1OC. The van der Waals surface area contributed by atoms with Crippen molar-refractivity contribution in [2.75, 3.05) is 33.1 Å². The number of amides is 2. The van der Waals surface area contributed by atoms with Crippen LogP contribution < -0.4 is 20.1 Å². The number of rotatable bonds is 5. The van der Waals surface area contributed by atoms with E-state index in [2.05, 4.69) is 39.7 Å². The van der Waals surface area contributed by atoms with Crippen LogP contribution in [0.4, 0.5) is 10.5 Å². The van der Waals surface area contributed by atoms with Gasteiger partial charge in [-0.25, -0.2) is 9.78 Å². The van der Waals surface area contributed by atoms with Gasteiger partial charge in [0, 0.05) is 23.2 Å². The number of likely N-dealkylation sites (tertiary alicyclic amines) is 1. The van der Waals surface area contributed by atoms with Crippen molar-refractivity contribution in [2.24, 2.45) is 0 Å². The van der Waals surface area contributed by atoms with E-state index in [0.29, 0.717) is 11.7 Å². The molecule has 0 unspecified atom stereocenters. The first kappa shape index (κ1) is 23.0. The van der Waals surface area contributed by atoms with Crippen molar-refractivity contribution in [3.05, 3.63) is 46.2 Å². The van der Waals surface area contributed by atoms with Gasteiger partial charge in [-0.05, 0) is 69.1 Å². The summed E-state index contributed by atoms with van der Waals surface area (Å²) in [4.78, 5) is 18.9. The molecule has 0 spiro atoms. The minimum atomic E-state index is -0.271. The summed E-state index contributed by atoms with van der Waals surface area (Å²) >= 11 is 11.9. The Morgan fingerprint density at radius 2 is 1.84 bits per heavy atom. The minimum Gasteiger partial charge on any atom is -0.493 e. The first-order valence-corrected chi connectivity index (χ1v) is 11.4. The molecule has 172 valence electrons. The second kappa shape index (κ2) is 9.33. The normalized spacial score (nSPS) is 25.2. The summed E-state index contributed by atoms with van der Waals surface area (Å²) in [6.07, 6.45) is 3.83. The van der Waals surface area contributed by atoms with Crippen LogP contribution in [0.3, 0.4) is 0 Å². The molecule has 0 bridgehead atoms. The Morgan fingerprint density at radius 1 is 1.12 bits per heavy atom. The average molecular weight is 479 g/mol. The molecule has 0 radical (unpaired) electrons. The predicted octanol–water partition coefficient (Wildman–Crippen LogP) is 4.72. The van der Waals surface area contributed by atoms with Gasteiger partial charge in [0.1, 0.15) is 10.3 Å². The average Bonchev–Trinajstić information content (AvgIpc) is 3.09. The fraction of sp³-hybridized carbons (Fsp3) is 0.478. The topological polar surface area (TPSA) is 75.7 Å². The van der Waals surface area contributed by atoms with Gasteiger partial charge in [0.2, 0.25) is 0 Å². The molecule has 2 aliphatic rings. The van der Waals surface area contributed by atoms with Crippen molar-refractivity contribution in [3.63, 3.8) is 0 Å². The van der Waals surface area contributed by atoms with Gasteiger partial charge in [-0.3, -0.25) is 0 Å². The Kier molecular flexibility index (Phi) is 6.70. The van der Waals surface area contributed by atoms with E-state index in [0.717, 1.165) is 43.7 Å². The number of fused-ring (bicyclic) bond motifs is 1. The van der Waals surface area contributed by atoms with Crippen LogP contribution in [0.25, 0.3) is 0 Å². The molecule has 2 amide bonds. The third-order valence-electron chi connectivity index (χ3n) is 6.84. The summed E-state index contributed by atoms with van der Waals surface area (Å²) in [7, 11) is 5.48. The van der Waals surface area contributed by atoms with E-state index in [4.69, 9.17) is 32.7 Å². The summed E-state index contributed by atoms with van der Waals surface area (Å²) in [5.41, 5.74) is 1.82. The summed E-state index contributed by atoms with van der Waals surface area (Å²) < 4.78 is 11.0. The largest absolute Gasteiger partial charge is 0.493 e. The van der Waals surface area contributed by atoms with Crippen molar-refractivity contribution in [3.8, 4) is 11.5 Å². The first-order chi connectivity index (χ1) is 15.3. The van der Waals surface area contributed by atoms with Crippen LogP contribution >= 0.6 is 23.2 Å². The van der Waals surface area contributed by atoms with E-state index < -0.39 is 0 Å². The number of nitrogens with zero attached hydrogens (tertiary/aromatic N) is 2. The zero-order chi connectivity index (χ0) is 22.9. The fourth-order valence-corrected chi connectivity index (χ4v) is 5.74. The molecule has 1 aliphatic heterocycles. The summed E-state index contributed by atoms with van der Waals surface area (Å²) in [6.45, 7) is 1.02. The van der Waals surface area contributed by atoms with Crippen LogP contribution in [-0.2, 0) is 5.41 Å². The molecule has 1 aliphatic carbocycles. The molecule has 32 heavy (non-hydrogen) atoms. The second-order valence-electron chi connectivity index (χ2n) is 8.54. The molecule has 4 rings (SSSR count). The molecule has 1 saturated heterocycles. The number of likely N-dealkylation sites (N-methyl/N-ethyl adjacent to an activating group) is 1. The number of halogens is 2. The first-order valence-electron chi connectivity index (χ1n) is 10.7. The second-order valence-corrected chi connectivity index (χ2v) is 9.32. The number of methoxy groups -OCH3 is 2. The summed E-state index contributed by atoms with van der Waals surface area (Å²) in [5, 5.41) is 6.40. The van der Waals surface area contributed by atoms with E-state index in [1.165, 1.54) is 5.56 Å². The maximum absolute atomic E-state index is 12.6. The maximum atomic E-state index is 12.6. The standard InChI is InChI=1S/C23H28Cl2N4O3/c1-29-9-8-23(14-4-5-17(31-2)18(10-14)32-3)7-6-15(11-19(23)29)26-22(30)27-16-12-20(24)28-21(25)13-16/h4-5,10,12-13,15,19H,6-9,11H2,1-3H3,(H2,26,27,28,30)/t15-,19+,23-/m0/s1. The van der Waals surface area contributed by atoms with Gasteiger partial charge < -0.3 is 25.0 Å². The molecule has 1 aromatic heterocycles. The molecule has 9 heteroatoms. The Bertz CT molecular complexity index is 985. The lowest BCUT2D eigenvalue weighted by Gasteiger charge is -2.45. The van der Waals surface area contributed by atoms with Crippen molar-refractivity contribution in [1.29, 1.82) is 0 Å². The highest BCUT2D eigenvalue weighted by Crippen LogP contribution is 2.49. The van der Waals surface area contributed by atoms with Crippen LogP contribution in [0, 0.1) is 0 Å². The van der Waals surface area contributed by atoms with Gasteiger partial charge in [-0.1, -0.05) is 29.3 Å². The van der Waals surface area contributed by atoms with Crippen molar-refractivity contribution in [1.82, 2.24) is 15.2 Å². The Hall–Kier alpha value is -2.22. The molecule has 7 nitrogen and oxygen atoms in total. The quantitative estimate of drug-likeness (QED) is 0.607. The van der Waals surface area contributed by atoms with Crippen molar-refractivity contribution >= 4 is 34.9 Å². The molecule has 3 atom stereocenters. The number of carbonyl (C=O) groups excluding carboxylic acids is 1. The number of nitrogens with one attached hydrogen (secondary N) is 2. The lowest BCUT2D eigenvalue weighted by atomic mass is 9.65. The number of hydrogen-bond acceptors (Lipinski definition) is 5. The minimum absolute atomic E-state index is 0.0368. The number of carbonyl (C=O) groups is 1. The molecule has 1 saturated carbocycles. The van der Waals surface area contributed by atoms with E-state index in [9.17, 15) is 4.79 Å². The van der Waals surface area contributed by atoms with Crippen LogP contribution in [0.1, 0.15) is 31.2 Å². The van der Waals surface area contributed by atoms with Gasteiger partial charge in [0.05, 0.1) is 14.2 Å². The zero-order valence-corrected chi connectivity index (χ0v) is 20.0. The lowest BCUT2D eigenvalue weighted by molar-refractivity contribution is 0.156. The predicted molar refractivity (Wildman–Crippen MR) is 126 cm³/mol. The molecule has 2 fully saturated rings. The highest BCUT2D eigenvalue weighted by Gasteiger charge is 2.50. The maximum Gasteiger partial charge on any atom is 0.319 e. The van der Waals surface area contributed by atoms with E-state index in [1.54, 1.807) is 26.4 Å². The van der Waals surface area contributed by atoms with E-state index >= 15 is 0 Å². The monoisotopic (exact) mass is 478 g/mol. The smallest absolute Gasteiger partial charge is 0.319 e. The number of anilines is 1. The number of benzene rings is 1. The fourth-order valence-electron chi connectivity index (χ4n) is 5.28. The Balaban J connectivity index is 1.48. The summed E-state index contributed by atoms with van der Waals surface area (Å²) in [6, 6.07) is 9.52. The van der Waals surface area contributed by atoms with Crippen LogP contribution in [0.2, 0.25) is 10.3 Å². The molecule has 2 heterocycles. The van der Waals surface area contributed by atoms with Gasteiger partial charge in [0.15, 0.2) is 11.5 Å². The van der Waals surface area contributed by atoms with E-state index in [-0.39, 0.29) is 27.8 Å². The highest BCUT2D eigenvalue weighted by atomic mass is 35.5.